The van der Waals surface area contributed by atoms with Gasteiger partial charge in [0, 0.05) is 22.2 Å². The maximum atomic E-state index is 4.55. The molecule has 0 aliphatic rings. The van der Waals surface area contributed by atoms with Crippen molar-refractivity contribution < 1.29 is 0 Å². The van der Waals surface area contributed by atoms with E-state index >= 15 is 0 Å². The van der Waals surface area contributed by atoms with E-state index in [0.717, 1.165) is 22.4 Å². The SMILES string of the molecule is Cc1ccc2cc(C=Cc3ccc4nc(C)ccc4c3)ccc2n1. The van der Waals surface area contributed by atoms with Crippen molar-refractivity contribution >= 4 is 34.0 Å². The first-order valence-electron chi connectivity index (χ1n) is 8.10. The first kappa shape index (κ1) is 14.6. The number of hydrogen-bond donors (Lipinski definition) is 0. The molecule has 0 amide bonds. The molecule has 2 aromatic heterocycles. The van der Waals surface area contributed by atoms with Gasteiger partial charge >= 0.3 is 0 Å². The molecule has 0 radical (unpaired) electrons. The highest BCUT2D eigenvalue weighted by Crippen LogP contribution is 2.19. The van der Waals surface area contributed by atoms with Crippen molar-refractivity contribution in [3.8, 4) is 0 Å². The van der Waals surface area contributed by atoms with Gasteiger partial charge in [0.25, 0.3) is 0 Å². The number of aromatic nitrogens is 2. The smallest absolute Gasteiger partial charge is 0.0705 e. The van der Waals surface area contributed by atoms with Crippen LogP contribution in [0.5, 0.6) is 0 Å². The molecular formula is C22H18N2. The average Bonchev–Trinajstić information content (AvgIpc) is 2.60. The van der Waals surface area contributed by atoms with Crippen molar-refractivity contribution in [2.45, 2.75) is 13.8 Å². The normalized spacial score (nSPS) is 11.6. The first-order chi connectivity index (χ1) is 11.7. The molecule has 2 aromatic carbocycles. The minimum atomic E-state index is 1.04. The molecule has 0 atom stereocenters. The fourth-order valence-electron chi connectivity index (χ4n) is 2.89. The predicted octanol–water partition coefficient (Wildman–Crippen LogP) is 5.57. The third kappa shape index (κ3) is 2.91. The van der Waals surface area contributed by atoms with Gasteiger partial charge in [0.05, 0.1) is 11.0 Å². The average molecular weight is 310 g/mol. The minimum absolute atomic E-state index is 1.04. The Labute approximate surface area is 141 Å². The summed E-state index contributed by atoms with van der Waals surface area (Å²) in [6.45, 7) is 4.03. The topological polar surface area (TPSA) is 25.8 Å². The number of pyridine rings is 2. The lowest BCUT2D eigenvalue weighted by molar-refractivity contribution is 1.25. The second-order valence-electron chi connectivity index (χ2n) is 6.14. The summed E-state index contributed by atoms with van der Waals surface area (Å²) in [5.41, 5.74) is 6.53. The lowest BCUT2D eigenvalue weighted by atomic mass is 10.1. The summed E-state index contributed by atoms with van der Waals surface area (Å²) in [6, 6.07) is 21.1. The predicted molar refractivity (Wildman–Crippen MR) is 102 cm³/mol. The van der Waals surface area contributed by atoms with Crippen LogP contribution in [-0.2, 0) is 0 Å². The maximum Gasteiger partial charge on any atom is 0.0705 e. The second-order valence-corrected chi connectivity index (χ2v) is 6.14. The summed E-state index contributed by atoms with van der Waals surface area (Å²) in [5, 5.41) is 2.34. The number of nitrogens with zero attached hydrogens (tertiary/aromatic N) is 2. The van der Waals surface area contributed by atoms with E-state index in [0.29, 0.717) is 0 Å². The van der Waals surface area contributed by atoms with E-state index in [1.165, 1.54) is 21.9 Å². The van der Waals surface area contributed by atoms with Gasteiger partial charge in [0.15, 0.2) is 0 Å². The summed E-state index contributed by atoms with van der Waals surface area (Å²) >= 11 is 0. The molecule has 2 nitrogen and oxygen atoms in total. The van der Waals surface area contributed by atoms with Crippen molar-refractivity contribution in [2.75, 3.05) is 0 Å². The summed E-state index contributed by atoms with van der Waals surface area (Å²) in [7, 11) is 0. The first-order valence-corrected chi connectivity index (χ1v) is 8.10. The largest absolute Gasteiger partial charge is 0.253 e. The molecule has 4 aromatic rings. The van der Waals surface area contributed by atoms with E-state index in [4.69, 9.17) is 0 Å². The van der Waals surface area contributed by atoms with Crippen molar-refractivity contribution in [1.82, 2.24) is 9.97 Å². The Hall–Kier alpha value is -3.00. The molecular weight excluding hydrogens is 292 g/mol. The second kappa shape index (κ2) is 5.89. The summed E-state index contributed by atoms with van der Waals surface area (Å²) < 4.78 is 0. The molecule has 0 spiro atoms. The van der Waals surface area contributed by atoms with E-state index in [1.807, 2.05) is 26.0 Å². The standard InChI is InChI=1S/C22H18N2/c1-15-3-9-19-13-17(7-11-21(19)23-15)5-6-18-8-12-22-20(14-18)10-4-16(2)24-22/h3-14H,1-2H3. The molecule has 0 aliphatic carbocycles. The van der Waals surface area contributed by atoms with Gasteiger partial charge in [-0.15, -0.1) is 0 Å². The summed E-state index contributed by atoms with van der Waals surface area (Å²) in [6.07, 6.45) is 4.28. The van der Waals surface area contributed by atoms with Gasteiger partial charge in [-0.3, -0.25) is 9.97 Å². The van der Waals surface area contributed by atoms with E-state index < -0.39 is 0 Å². The molecule has 2 heteroatoms. The van der Waals surface area contributed by atoms with Crippen LogP contribution in [0.1, 0.15) is 22.5 Å². The van der Waals surface area contributed by atoms with Gasteiger partial charge < -0.3 is 0 Å². The van der Waals surface area contributed by atoms with Gasteiger partial charge in [-0.05, 0) is 61.4 Å². The van der Waals surface area contributed by atoms with Crippen LogP contribution in [0.25, 0.3) is 34.0 Å². The van der Waals surface area contributed by atoms with Crippen LogP contribution >= 0.6 is 0 Å². The maximum absolute atomic E-state index is 4.55. The van der Waals surface area contributed by atoms with Gasteiger partial charge in [-0.2, -0.15) is 0 Å². The van der Waals surface area contributed by atoms with Gasteiger partial charge in [0.1, 0.15) is 0 Å². The Morgan fingerprint density at radius 2 is 1.04 bits per heavy atom. The fraction of sp³-hybridized carbons (Fsp3) is 0.0909. The van der Waals surface area contributed by atoms with Gasteiger partial charge in [0.2, 0.25) is 0 Å². The molecule has 0 fully saturated rings. The molecule has 0 N–H and O–H groups in total. The van der Waals surface area contributed by atoms with Gasteiger partial charge in [-0.25, -0.2) is 0 Å². The van der Waals surface area contributed by atoms with Crippen molar-refractivity contribution in [3.63, 3.8) is 0 Å². The van der Waals surface area contributed by atoms with Crippen molar-refractivity contribution in [2.24, 2.45) is 0 Å². The highest BCUT2D eigenvalue weighted by atomic mass is 14.7. The third-order valence-electron chi connectivity index (χ3n) is 4.17. The number of fused-ring (bicyclic) bond motifs is 2. The minimum Gasteiger partial charge on any atom is -0.253 e. The van der Waals surface area contributed by atoms with E-state index in [2.05, 4.69) is 70.7 Å². The molecule has 0 saturated heterocycles. The van der Waals surface area contributed by atoms with Crippen molar-refractivity contribution in [3.05, 3.63) is 83.2 Å². The number of benzene rings is 2. The van der Waals surface area contributed by atoms with Crippen LogP contribution < -0.4 is 0 Å². The van der Waals surface area contributed by atoms with Crippen LogP contribution in [0.4, 0.5) is 0 Å². The molecule has 24 heavy (non-hydrogen) atoms. The lowest BCUT2D eigenvalue weighted by Gasteiger charge is -2.02. The van der Waals surface area contributed by atoms with Crippen LogP contribution in [-0.4, -0.2) is 9.97 Å². The molecule has 116 valence electrons. The Kier molecular flexibility index (Phi) is 3.58. The van der Waals surface area contributed by atoms with Crippen molar-refractivity contribution in [1.29, 1.82) is 0 Å². The molecule has 0 unspecified atom stereocenters. The molecule has 0 aliphatic heterocycles. The van der Waals surface area contributed by atoms with E-state index in [1.54, 1.807) is 0 Å². The van der Waals surface area contributed by atoms with Crippen LogP contribution in [0, 0.1) is 13.8 Å². The summed E-state index contributed by atoms with van der Waals surface area (Å²) in [4.78, 5) is 9.09. The van der Waals surface area contributed by atoms with Gasteiger partial charge in [-0.1, -0.05) is 36.4 Å². The number of hydrogen-bond acceptors (Lipinski definition) is 2. The Morgan fingerprint density at radius 3 is 1.50 bits per heavy atom. The lowest BCUT2D eigenvalue weighted by Crippen LogP contribution is -1.84. The van der Waals surface area contributed by atoms with E-state index in [9.17, 15) is 0 Å². The molecule has 4 rings (SSSR count). The third-order valence-corrected chi connectivity index (χ3v) is 4.17. The highest BCUT2D eigenvalue weighted by Gasteiger charge is 1.98. The zero-order chi connectivity index (χ0) is 16.5. The van der Waals surface area contributed by atoms with Crippen LogP contribution in [0.3, 0.4) is 0 Å². The Balaban J connectivity index is 1.66. The Morgan fingerprint density at radius 1 is 0.583 bits per heavy atom. The zero-order valence-corrected chi connectivity index (χ0v) is 13.8. The highest BCUT2D eigenvalue weighted by molar-refractivity contribution is 5.85. The molecule has 0 saturated carbocycles. The monoisotopic (exact) mass is 310 g/mol. The summed E-state index contributed by atoms with van der Waals surface area (Å²) in [5.74, 6) is 0. The number of aryl methyl sites for hydroxylation is 2. The molecule has 0 bridgehead atoms. The van der Waals surface area contributed by atoms with Crippen LogP contribution in [0.2, 0.25) is 0 Å². The zero-order valence-electron chi connectivity index (χ0n) is 13.8. The van der Waals surface area contributed by atoms with Crippen LogP contribution in [0.15, 0.2) is 60.7 Å². The Bertz CT molecular complexity index is 990. The quantitative estimate of drug-likeness (QED) is 0.452. The molecule has 2 heterocycles. The van der Waals surface area contributed by atoms with E-state index in [-0.39, 0.29) is 0 Å². The number of rotatable bonds is 2. The fourth-order valence-corrected chi connectivity index (χ4v) is 2.89.